The third-order valence-corrected chi connectivity index (χ3v) is 4.66. The molecule has 3 rings (SSSR count). The van der Waals surface area contributed by atoms with Crippen LogP contribution in [0, 0.1) is 0 Å². The Morgan fingerprint density at radius 2 is 1.86 bits per heavy atom. The molecule has 1 aromatic rings. The molecule has 114 valence electrons. The summed E-state index contributed by atoms with van der Waals surface area (Å²) in [7, 11) is 0. The molecule has 0 bridgehead atoms. The van der Waals surface area contributed by atoms with Crippen molar-refractivity contribution in [1.29, 1.82) is 0 Å². The molecule has 1 aliphatic carbocycles. The van der Waals surface area contributed by atoms with Gasteiger partial charge in [0.25, 0.3) is 0 Å². The predicted molar refractivity (Wildman–Crippen MR) is 86.8 cm³/mol. The van der Waals surface area contributed by atoms with Gasteiger partial charge in [0.05, 0.1) is 6.04 Å². The summed E-state index contributed by atoms with van der Waals surface area (Å²) in [6.45, 7) is 1.93. The summed E-state index contributed by atoms with van der Waals surface area (Å²) in [5, 5.41) is 0. The van der Waals surface area contributed by atoms with E-state index >= 15 is 0 Å². The minimum absolute atomic E-state index is 0.447. The molecule has 3 N–H and O–H groups in total. The fraction of sp³-hybridized carbons (Fsp3) is 0.588. The standard InChI is InChI=1S/C17H26N4/c18-20-17(19-16-10-2-1-3-11-16)21-12-6-9-14-7-4-5-8-15(14)13-21/h4-5,7-8,16H,1-3,6,9-13,18H2,(H,19,20). The zero-order chi connectivity index (χ0) is 14.5. The molecular formula is C17H26N4. The maximum atomic E-state index is 5.77. The highest BCUT2D eigenvalue weighted by molar-refractivity contribution is 5.79. The van der Waals surface area contributed by atoms with Gasteiger partial charge in [0, 0.05) is 13.1 Å². The molecule has 1 fully saturated rings. The minimum Gasteiger partial charge on any atom is -0.338 e. The number of nitrogens with zero attached hydrogens (tertiary/aromatic N) is 2. The largest absolute Gasteiger partial charge is 0.338 e. The summed E-state index contributed by atoms with van der Waals surface area (Å²) in [6.07, 6.45) is 8.67. The van der Waals surface area contributed by atoms with Gasteiger partial charge in [-0.1, -0.05) is 43.5 Å². The van der Waals surface area contributed by atoms with Crippen LogP contribution >= 0.6 is 0 Å². The first kappa shape index (κ1) is 14.4. The number of benzene rings is 1. The fourth-order valence-electron chi connectivity index (χ4n) is 3.47. The molecule has 1 saturated carbocycles. The second kappa shape index (κ2) is 6.94. The van der Waals surface area contributed by atoms with Gasteiger partial charge in [0.2, 0.25) is 5.96 Å². The number of nitrogens with one attached hydrogen (secondary N) is 1. The van der Waals surface area contributed by atoms with E-state index in [1.807, 2.05) is 0 Å². The molecule has 4 heteroatoms. The summed E-state index contributed by atoms with van der Waals surface area (Å²) < 4.78 is 0. The van der Waals surface area contributed by atoms with Crippen molar-refractivity contribution in [3.05, 3.63) is 35.4 Å². The average Bonchev–Trinajstić information content (AvgIpc) is 2.76. The quantitative estimate of drug-likeness (QED) is 0.361. The van der Waals surface area contributed by atoms with Crippen molar-refractivity contribution >= 4 is 5.96 Å². The summed E-state index contributed by atoms with van der Waals surface area (Å²) >= 11 is 0. The van der Waals surface area contributed by atoms with E-state index in [1.165, 1.54) is 43.2 Å². The first-order chi connectivity index (χ1) is 10.4. The lowest BCUT2D eigenvalue weighted by Crippen LogP contribution is -2.45. The lowest BCUT2D eigenvalue weighted by molar-refractivity contribution is 0.385. The molecule has 1 aliphatic heterocycles. The van der Waals surface area contributed by atoms with Gasteiger partial charge in [-0.25, -0.2) is 10.8 Å². The van der Waals surface area contributed by atoms with Gasteiger partial charge in [0.15, 0.2) is 0 Å². The Balaban J connectivity index is 1.76. The second-order valence-electron chi connectivity index (χ2n) is 6.18. The van der Waals surface area contributed by atoms with Crippen LogP contribution in [0.5, 0.6) is 0 Å². The van der Waals surface area contributed by atoms with E-state index in [-0.39, 0.29) is 0 Å². The monoisotopic (exact) mass is 286 g/mol. The van der Waals surface area contributed by atoms with Crippen LogP contribution in [-0.4, -0.2) is 23.4 Å². The van der Waals surface area contributed by atoms with Crippen LogP contribution in [0.4, 0.5) is 0 Å². The number of hydrogen-bond acceptors (Lipinski definition) is 2. The number of fused-ring (bicyclic) bond motifs is 1. The molecule has 21 heavy (non-hydrogen) atoms. The second-order valence-corrected chi connectivity index (χ2v) is 6.18. The number of nitrogens with two attached hydrogens (primary N) is 1. The molecule has 0 radical (unpaired) electrons. The van der Waals surface area contributed by atoms with Crippen molar-refractivity contribution in [2.24, 2.45) is 10.8 Å². The number of hydrazine groups is 1. The van der Waals surface area contributed by atoms with Gasteiger partial charge in [-0.2, -0.15) is 0 Å². The van der Waals surface area contributed by atoms with Crippen LogP contribution in [0.3, 0.4) is 0 Å². The van der Waals surface area contributed by atoms with E-state index in [0.29, 0.717) is 6.04 Å². The minimum atomic E-state index is 0.447. The van der Waals surface area contributed by atoms with Crippen molar-refractivity contribution in [2.75, 3.05) is 6.54 Å². The lowest BCUT2D eigenvalue weighted by atomic mass is 9.96. The number of aliphatic imine (C=N–C) groups is 1. The zero-order valence-electron chi connectivity index (χ0n) is 12.7. The highest BCUT2D eigenvalue weighted by atomic mass is 15.4. The van der Waals surface area contributed by atoms with Gasteiger partial charge in [0.1, 0.15) is 0 Å². The molecule has 4 nitrogen and oxygen atoms in total. The molecule has 1 heterocycles. The van der Waals surface area contributed by atoms with Crippen molar-refractivity contribution in [3.63, 3.8) is 0 Å². The summed E-state index contributed by atoms with van der Waals surface area (Å²) in [5.74, 6) is 6.64. The van der Waals surface area contributed by atoms with Gasteiger partial charge in [-0.05, 0) is 36.8 Å². The summed E-state index contributed by atoms with van der Waals surface area (Å²) in [6, 6.07) is 9.17. The molecule has 0 amide bonds. The van der Waals surface area contributed by atoms with Crippen molar-refractivity contribution in [3.8, 4) is 0 Å². The van der Waals surface area contributed by atoms with E-state index in [1.54, 1.807) is 0 Å². The highest BCUT2D eigenvalue weighted by Crippen LogP contribution is 2.22. The number of aryl methyl sites for hydroxylation is 1. The van der Waals surface area contributed by atoms with E-state index in [0.717, 1.165) is 31.9 Å². The van der Waals surface area contributed by atoms with Crippen molar-refractivity contribution in [2.45, 2.75) is 57.5 Å². The first-order valence-electron chi connectivity index (χ1n) is 8.23. The van der Waals surface area contributed by atoms with Gasteiger partial charge < -0.3 is 4.90 Å². The van der Waals surface area contributed by atoms with Crippen LogP contribution in [0.25, 0.3) is 0 Å². The molecule has 1 aromatic carbocycles. The third kappa shape index (κ3) is 3.56. The smallest absolute Gasteiger partial charge is 0.208 e. The number of hydrogen-bond donors (Lipinski definition) is 2. The average molecular weight is 286 g/mol. The van der Waals surface area contributed by atoms with E-state index in [4.69, 9.17) is 10.8 Å². The molecule has 0 spiro atoms. The van der Waals surface area contributed by atoms with Crippen LogP contribution in [-0.2, 0) is 13.0 Å². The van der Waals surface area contributed by atoms with E-state index in [9.17, 15) is 0 Å². The Morgan fingerprint density at radius 3 is 2.62 bits per heavy atom. The predicted octanol–water partition coefficient (Wildman–Crippen LogP) is 2.59. The Morgan fingerprint density at radius 1 is 1.10 bits per heavy atom. The Labute approximate surface area is 127 Å². The van der Waals surface area contributed by atoms with E-state index in [2.05, 4.69) is 34.6 Å². The van der Waals surface area contributed by atoms with E-state index < -0.39 is 0 Å². The lowest BCUT2D eigenvalue weighted by Gasteiger charge is -2.27. The van der Waals surface area contributed by atoms with Gasteiger partial charge in [-0.15, -0.1) is 0 Å². The maximum Gasteiger partial charge on any atom is 0.208 e. The van der Waals surface area contributed by atoms with Crippen LogP contribution in [0.2, 0.25) is 0 Å². The van der Waals surface area contributed by atoms with Gasteiger partial charge >= 0.3 is 0 Å². The van der Waals surface area contributed by atoms with Gasteiger partial charge in [-0.3, -0.25) is 5.43 Å². The molecule has 0 saturated heterocycles. The highest BCUT2D eigenvalue weighted by Gasteiger charge is 2.19. The third-order valence-electron chi connectivity index (χ3n) is 4.66. The SMILES string of the molecule is NNC(=NC1CCCCC1)N1CCCc2ccccc2C1. The number of guanidine groups is 1. The Hall–Kier alpha value is -1.55. The fourth-order valence-corrected chi connectivity index (χ4v) is 3.47. The summed E-state index contributed by atoms with van der Waals surface area (Å²) in [4.78, 5) is 7.20. The van der Waals surface area contributed by atoms with Crippen LogP contribution in [0.1, 0.15) is 49.7 Å². The maximum absolute atomic E-state index is 5.77. The zero-order valence-corrected chi connectivity index (χ0v) is 12.7. The van der Waals surface area contributed by atoms with Crippen LogP contribution < -0.4 is 11.3 Å². The first-order valence-corrected chi connectivity index (χ1v) is 8.23. The molecule has 0 unspecified atom stereocenters. The van der Waals surface area contributed by atoms with Crippen LogP contribution in [0.15, 0.2) is 29.3 Å². The molecule has 0 atom stereocenters. The molecule has 2 aliphatic rings. The Bertz CT molecular complexity index is 491. The van der Waals surface area contributed by atoms with Crippen molar-refractivity contribution < 1.29 is 0 Å². The normalized spacial score (nSPS) is 20.8. The van der Waals surface area contributed by atoms with Crippen molar-refractivity contribution in [1.82, 2.24) is 10.3 Å². The molecule has 0 aromatic heterocycles. The number of rotatable bonds is 1. The topological polar surface area (TPSA) is 53.6 Å². The Kier molecular flexibility index (Phi) is 4.76. The summed E-state index contributed by atoms with van der Waals surface area (Å²) in [5.41, 5.74) is 5.72. The molecular weight excluding hydrogens is 260 g/mol.